The van der Waals surface area contributed by atoms with E-state index < -0.39 is 0 Å². The van der Waals surface area contributed by atoms with Gasteiger partial charge in [0.05, 0.1) is 13.2 Å². The zero-order chi connectivity index (χ0) is 19.8. The number of benzene rings is 3. The minimum Gasteiger partial charge on any atom is -0.492 e. The molecule has 0 fully saturated rings. The molecular formula is C26H34O2. The lowest BCUT2D eigenvalue weighted by atomic mass is 9.98. The molecule has 0 bridgehead atoms. The zero-order valence-corrected chi connectivity index (χ0v) is 17.7. The molecule has 0 aliphatic carbocycles. The number of ether oxygens (including phenoxy) is 2. The summed E-state index contributed by atoms with van der Waals surface area (Å²) in [5.41, 5.74) is 1.33. The molecule has 0 N–H and O–H groups in total. The van der Waals surface area contributed by atoms with Crippen LogP contribution in [0.5, 0.6) is 11.5 Å². The van der Waals surface area contributed by atoms with E-state index in [9.17, 15) is 0 Å². The summed E-state index contributed by atoms with van der Waals surface area (Å²) in [6.07, 6.45) is 8.02. The zero-order valence-electron chi connectivity index (χ0n) is 17.7. The van der Waals surface area contributed by atoms with Crippen molar-refractivity contribution in [2.24, 2.45) is 0 Å². The molecule has 0 atom stereocenters. The molecule has 150 valence electrons. The Balaban J connectivity index is 2.10. The number of fused-ring (bicyclic) bond motifs is 2. The molecule has 0 aliphatic rings. The molecule has 3 aromatic carbocycles. The van der Waals surface area contributed by atoms with Crippen LogP contribution in [0.1, 0.15) is 64.9 Å². The molecular weight excluding hydrogens is 344 g/mol. The number of rotatable bonds is 11. The van der Waals surface area contributed by atoms with Crippen LogP contribution >= 0.6 is 0 Å². The van der Waals surface area contributed by atoms with Crippen LogP contribution in [0.3, 0.4) is 0 Å². The number of unbranched alkanes of at least 4 members (excludes halogenated alkanes) is 4. The molecule has 2 heteroatoms. The molecule has 28 heavy (non-hydrogen) atoms. The third-order valence-electron chi connectivity index (χ3n) is 5.39. The van der Waals surface area contributed by atoms with Crippen molar-refractivity contribution in [3.05, 3.63) is 48.0 Å². The van der Waals surface area contributed by atoms with Crippen LogP contribution in [0.4, 0.5) is 0 Å². The Morgan fingerprint density at radius 1 is 0.607 bits per heavy atom. The molecule has 3 aromatic rings. The van der Waals surface area contributed by atoms with Gasteiger partial charge < -0.3 is 9.47 Å². The highest BCUT2D eigenvalue weighted by Gasteiger charge is 2.16. The molecule has 0 radical (unpaired) electrons. The summed E-state index contributed by atoms with van der Waals surface area (Å²) in [6, 6.07) is 15.2. The Hall–Kier alpha value is -2.22. The molecule has 0 amide bonds. The molecule has 2 nitrogen and oxygen atoms in total. The van der Waals surface area contributed by atoms with Crippen LogP contribution in [0.2, 0.25) is 0 Å². The van der Waals surface area contributed by atoms with Crippen molar-refractivity contribution >= 4 is 21.5 Å². The van der Waals surface area contributed by atoms with Crippen molar-refractivity contribution in [2.45, 2.75) is 65.7 Å². The van der Waals surface area contributed by atoms with E-state index >= 15 is 0 Å². The predicted octanol–water partition coefficient (Wildman–Crippen LogP) is 7.69. The smallest absolute Gasteiger partial charge is 0.135 e. The standard InChI is InChI=1S/C26H34O2/c1-4-7-11-17-27-25-21-13-9-10-14-22(21)26(28-18-12-8-5-2)24-19-20(6-3)15-16-23(24)25/h9-10,13-16,19H,4-8,11-12,17-18H2,1-3H3. The first-order chi connectivity index (χ1) is 13.8. The third kappa shape index (κ3) is 4.60. The first kappa shape index (κ1) is 20.5. The van der Waals surface area contributed by atoms with Gasteiger partial charge in [0, 0.05) is 21.5 Å². The van der Waals surface area contributed by atoms with E-state index in [2.05, 4.69) is 63.2 Å². The van der Waals surface area contributed by atoms with Crippen molar-refractivity contribution in [2.75, 3.05) is 13.2 Å². The molecule has 0 aromatic heterocycles. The van der Waals surface area contributed by atoms with E-state index in [4.69, 9.17) is 9.47 Å². The summed E-state index contributed by atoms with van der Waals surface area (Å²) >= 11 is 0. The van der Waals surface area contributed by atoms with E-state index in [1.165, 1.54) is 36.6 Å². The van der Waals surface area contributed by atoms with E-state index in [1.54, 1.807) is 0 Å². The maximum absolute atomic E-state index is 6.38. The lowest BCUT2D eigenvalue weighted by Gasteiger charge is -2.18. The van der Waals surface area contributed by atoms with Crippen molar-refractivity contribution in [3.63, 3.8) is 0 Å². The highest BCUT2D eigenvalue weighted by atomic mass is 16.5. The van der Waals surface area contributed by atoms with Gasteiger partial charge in [0.1, 0.15) is 11.5 Å². The Bertz CT molecular complexity index is 898. The number of hydrogen-bond acceptors (Lipinski definition) is 2. The summed E-state index contributed by atoms with van der Waals surface area (Å²) in [7, 11) is 0. The van der Waals surface area contributed by atoms with Gasteiger partial charge in [-0.1, -0.05) is 82.9 Å². The summed E-state index contributed by atoms with van der Waals surface area (Å²) in [6.45, 7) is 8.18. The summed E-state index contributed by atoms with van der Waals surface area (Å²) < 4.78 is 12.7. The third-order valence-corrected chi connectivity index (χ3v) is 5.39. The van der Waals surface area contributed by atoms with Crippen LogP contribution in [0, 0.1) is 0 Å². The Morgan fingerprint density at radius 3 is 1.68 bits per heavy atom. The van der Waals surface area contributed by atoms with Gasteiger partial charge in [-0.25, -0.2) is 0 Å². The molecule has 0 saturated carbocycles. The van der Waals surface area contributed by atoms with Gasteiger partial charge in [0.2, 0.25) is 0 Å². The van der Waals surface area contributed by atoms with Crippen LogP contribution in [0.15, 0.2) is 42.5 Å². The molecule has 0 spiro atoms. The predicted molar refractivity (Wildman–Crippen MR) is 121 cm³/mol. The second-order valence-corrected chi connectivity index (χ2v) is 7.55. The SMILES string of the molecule is CCCCCOc1c2ccccc2c(OCCCCC)c2cc(CC)ccc12. The van der Waals surface area contributed by atoms with E-state index in [-0.39, 0.29) is 0 Å². The van der Waals surface area contributed by atoms with Crippen molar-refractivity contribution in [1.82, 2.24) is 0 Å². The van der Waals surface area contributed by atoms with Crippen molar-refractivity contribution < 1.29 is 9.47 Å². The normalized spacial score (nSPS) is 11.2. The number of hydrogen-bond donors (Lipinski definition) is 0. The van der Waals surface area contributed by atoms with Crippen LogP contribution < -0.4 is 9.47 Å². The Kier molecular flexibility index (Phi) is 7.59. The average molecular weight is 379 g/mol. The molecule has 0 unspecified atom stereocenters. The van der Waals surface area contributed by atoms with Gasteiger partial charge >= 0.3 is 0 Å². The minimum atomic E-state index is 0.763. The first-order valence-corrected chi connectivity index (χ1v) is 11.0. The second-order valence-electron chi connectivity index (χ2n) is 7.55. The van der Waals surface area contributed by atoms with E-state index in [1.807, 2.05) is 0 Å². The first-order valence-electron chi connectivity index (χ1n) is 11.0. The molecule has 0 saturated heterocycles. The van der Waals surface area contributed by atoms with Crippen molar-refractivity contribution in [1.29, 1.82) is 0 Å². The van der Waals surface area contributed by atoms with Crippen LogP contribution in [-0.4, -0.2) is 13.2 Å². The summed E-state index contributed by atoms with van der Waals surface area (Å²) in [5, 5.41) is 4.66. The van der Waals surface area contributed by atoms with Gasteiger partial charge in [-0.3, -0.25) is 0 Å². The van der Waals surface area contributed by atoms with Crippen molar-refractivity contribution in [3.8, 4) is 11.5 Å². The van der Waals surface area contributed by atoms with Gasteiger partial charge in [-0.15, -0.1) is 0 Å². The van der Waals surface area contributed by atoms with Gasteiger partial charge in [0.25, 0.3) is 0 Å². The summed E-state index contributed by atoms with van der Waals surface area (Å²) in [5.74, 6) is 2.02. The van der Waals surface area contributed by atoms with Crippen LogP contribution in [0.25, 0.3) is 21.5 Å². The largest absolute Gasteiger partial charge is 0.492 e. The van der Waals surface area contributed by atoms with Gasteiger partial charge in [-0.05, 0) is 30.9 Å². The fourth-order valence-corrected chi connectivity index (χ4v) is 3.73. The lowest BCUT2D eigenvalue weighted by molar-refractivity contribution is 0.308. The average Bonchev–Trinajstić information content (AvgIpc) is 2.74. The van der Waals surface area contributed by atoms with E-state index in [0.29, 0.717) is 0 Å². The minimum absolute atomic E-state index is 0.763. The monoisotopic (exact) mass is 378 g/mol. The Morgan fingerprint density at radius 2 is 1.14 bits per heavy atom. The van der Waals surface area contributed by atoms with E-state index in [0.717, 1.165) is 60.1 Å². The fourth-order valence-electron chi connectivity index (χ4n) is 3.73. The quantitative estimate of drug-likeness (QED) is 0.251. The Labute approximate surface area is 169 Å². The maximum atomic E-state index is 6.38. The second kappa shape index (κ2) is 10.4. The van der Waals surface area contributed by atoms with Gasteiger partial charge in [0.15, 0.2) is 0 Å². The summed E-state index contributed by atoms with van der Waals surface area (Å²) in [4.78, 5) is 0. The number of aryl methyl sites for hydroxylation is 1. The maximum Gasteiger partial charge on any atom is 0.135 e. The molecule has 0 heterocycles. The highest BCUT2D eigenvalue weighted by Crippen LogP contribution is 2.43. The van der Waals surface area contributed by atoms with Crippen LogP contribution in [-0.2, 0) is 6.42 Å². The van der Waals surface area contributed by atoms with Gasteiger partial charge in [-0.2, -0.15) is 0 Å². The molecule has 3 rings (SSSR count). The molecule has 0 aliphatic heterocycles. The fraction of sp³-hybridized carbons (Fsp3) is 0.462. The topological polar surface area (TPSA) is 18.5 Å². The highest BCUT2D eigenvalue weighted by molar-refractivity contribution is 6.11. The lowest BCUT2D eigenvalue weighted by Crippen LogP contribution is -2.02.